The van der Waals surface area contributed by atoms with E-state index in [9.17, 15) is 0 Å². The summed E-state index contributed by atoms with van der Waals surface area (Å²) in [4.78, 5) is 4.93. The fraction of sp³-hybridized carbons (Fsp3) is 0.190. The van der Waals surface area contributed by atoms with Gasteiger partial charge in [0.05, 0.1) is 16.9 Å². The molecule has 0 saturated carbocycles. The number of hydrogen-bond donors (Lipinski definition) is 1. The lowest BCUT2D eigenvalue weighted by molar-refractivity contribution is 1.30. The zero-order valence-electron chi connectivity index (χ0n) is 14.1. The fourth-order valence-electron chi connectivity index (χ4n) is 2.97. The number of allylic oxidation sites excluding steroid dienone is 1. The Hall–Kier alpha value is -2.61. The van der Waals surface area contributed by atoms with Crippen LogP contribution < -0.4 is 5.32 Å². The van der Waals surface area contributed by atoms with Crippen LogP contribution in [0.15, 0.2) is 54.6 Å². The Bertz CT molecular complexity index is 891. The van der Waals surface area contributed by atoms with Gasteiger partial charge >= 0.3 is 0 Å². The van der Waals surface area contributed by atoms with Crippen molar-refractivity contribution in [3.05, 3.63) is 77.0 Å². The lowest BCUT2D eigenvalue weighted by Gasteiger charge is -2.13. The first-order chi connectivity index (χ1) is 11.1. The van der Waals surface area contributed by atoms with Gasteiger partial charge in [-0.15, -0.1) is 0 Å². The molecule has 0 radical (unpaired) electrons. The molecule has 0 fully saturated rings. The standard InChI is InChI=1S/C21H22N2/c1-5-17(18-13-14(2)9-10-15(18)3)19-12-11-16-7-6-8-20(22-4)21(16)23-19/h5-13,22H,1-4H3/b17-5+. The smallest absolute Gasteiger partial charge is 0.0940 e. The van der Waals surface area contributed by atoms with Gasteiger partial charge < -0.3 is 5.32 Å². The predicted molar refractivity (Wildman–Crippen MR) is 100.0 cm³/mol. The maximum absolute atomic E-state index is 4.93. The predicted octanol–water partition coefficient (Wildman–Crippen LogP) is 5.34. The molecule has 2 heteroatoms. The van der Waals surface area contributed by atoms with Crippen LogP contribution in [-0.2, 0) is 0 Å². The Morgan fingerprint density at radius 1 is 1.04 bits per heavy atom. The van der Waals surface area contributed by atoms with Gasteiger partial charge in [-0.25, -0.2) is 4.98 Å². The van der Waals surface area contributed by atoms with Gasteiger partial charge in [-0.05, 0) is 44.0 Å². The maximum Gasteiger partial charge on any atom is 0.0940 e. The van der Waals surface area contributed by atoms with Crippen molar-refractivity contribution in [2.75, 3.05) is 12.4 Å². The van der Waals surface area contributed by atoms with Gasteiger partial charge in [0.1, 0.15) is 0 Å². The molecule has 0 aliphatic heterocycles. The number of pyridine rings is 1. The Morgan fingerprint density at radius 2 is 1.87 bits per heavy atom. The SMILES string of the molecule is C/C=C(/c1ccc2cccc(NC)c2n1)c1cc(C)ccc1C. The van der Waals surface area contributed by atoms with Crippen LogP contribution in [0.4, 0.5) is 5.69 Å². The molecule has 2 nitrogen and oxygen atoms in total. The molecule has 1 N–H and O–H groups in total. The Morgan fingerprint density at radius 3 is 2.61 bits per heavy atom. The highest BCUT2D eigenvalue weighted by molar-refractivity contribution is 5.92. The Kier molecular flexibility index (Phi) is 4.16. The van der Waals surface area contributed by atoms with E-state index in [4.69, 9.17) is 4.98 Å². The number of rotatable bonds is 3. The summed E-state index contributed by atoms with van der Waals surface area (Å²) in [7, 11) is 1.93. The first kappa shape index (κ1) is 15.3. The van der Waals surface area contributed by atoms with Gasteiger partial charge in [0, 0.05) is 18.0 Å². The molecule has 0 saturated heterocycles. The van der Waals surface area contributed by atoms with Gasteiger partial charge in [-0.1, -0.05) is 48.0 Å². The highest BCUT2D eigenvalue weighted by Crippen LogP contribution is 2.29. The molecule has 0 atom stereocenters. The summed E-state index contributed by atoms with van der Waals surface area (Å²) < 4.78 is 0. The van der Waals surface area contributed by atoms with E-state index in [1.807, 2.05) is 7.05 Å². The van der Waals surface area contributed by atoms with Crippen molar-refractivity contribution in [1.29, 1.82) is 0 Å². The first-order valence-corrected chi connectivity index (χ1v) is 7.96. The molecule has 116 valence electrons. The highest BCUT2D eigenvalue weighted by Gasteiger charge is 2.11. The van der Waals surface area contributed by atoms with Crippen molar-refractivity contribution >= 4 is 22.2 Å². The van der Waals surface area contributed by atoms with Crippen LogP contribution in [0.1, 0.15) is 29.3 Å². The van der Waals surface area contributed by atoms with E-state index in [0.717, 1.165) is 22.3 Å². The number of fused-ring (bicyclic) bond motifs is 1. The molecule has 0 aliphatic carbocycles. The third-order valence-corrected chi connectivity index (χ3v) is 4.24. The molecular weight excluding hydrogens is 280 g/mol. The molecular formula is C21H22N2. The average Bonchev–Trinajstić information content (AvgIpc) is 2.58. The van der Waals surface area contributed by atoms with Crippen LogP contribution in [0.25, 0.3) is 16.5 Å². The molecule has 0 aliphatic rings. The van der Waals surface area contributed by atoms with E-state index in [1.165, 1.54) is 22.3 Å². The third kappa shape index (κ3) is 2.85. The van der Waals surface area contributed by atoms with Crippen LogP contribution in [-0.4, -0.2) is 12.0 Å². The Labute approximate surface area is 137 Å². The minimum Gasteiger partial charge on any atom is -0.386 e. The summed E-state index contributed by atoms with van der Waals surface area (Å²) in [6.45, 7) is 6.36. The second kappa shape index (κ2) is 6.25. The van der Waals surface area contributed by atoms with Gasteiger partial charge in [0.15, 0.2) is 0 Å². The van der Waals surface area contributed by atoms with Crippen LogP contribution in [0.3, 0.4) is 0 Å². The molecule has 2 aromatic carbocycles. The summed E-state index contributed by atoms with van der Waals surface area (Å²) in [5.74, 6) is 0. The zero-order valence-corrected chi connectivity index (χ0v) is 14.1. The minimum absolute atomic E-state index is 1.01. The average molecular weight is 302 g/mol. The zero-order chi connectivity index (χ0) is 16.4. The molecule has 3 rings (SSSR count). The quantitative estimate of drug-likeness (QED) is 0.706. The van der Waals surface area contributed by atoms with Crippen molar-refractivity contribution < 1.29 is 0 Å². The molecule has 1 heterocycles. The molecule has 3 aromatic rings. The van der Waals surface area contributed by atoms with E-state index < -0.39 is 0 Å². The first-order valence-electron chi connectivity index (χ1n) is 7.96. The minimum atomic E-state index is 1.01. The van der Waals surface area contributed by atoms with E-state index >= 15 is 0 Å². The van der Waals surface area contributed by atoms with Crippen LogP contribution in [0.5, 0.6) is 0 Å². The third-order valence-electron chi connectivity index (χ3n) is 4.24. The Balaban J connectivity index is 2.19. The van der Waals surface area contributed by atoms with Crippen LogP contribution in [0.2, 0.25) is 0 Å². The van der Waals surface area contributed by atoms with E-state index in [-0.39, 0.29) is 0 Å². The highest BCUT2D eigenvalue weighted by atomic mass is 14.9. The summed E-state index contributed by atoms with van der Waals surface area (Å²) in [6, 6.07) is 17.0. The number of aromatic nitrogens is 1. The summed E-state index contributed by atoms with van der Waals surface area (Å²) in [5, 5.41) is 4.38. The number of benzene rings is 2. The summed E-state index contributed by atoms with van der Waals surface area (Å²) in [5.41, 5.74) is 8.05. The number of nitrogens with zero attached hydrogens (tertiary/aromatic N) is 1. The topological polar surface area (TPSA) is 24.9 Å². The number of hydrogen-bond acceptors (Lipinski definition) is 2. The van der Waals surface area contributed by atoms with Crippen molar-refractivity contribution in [3.8, 4) is 0 Å². The molecule has 0 unspecified atom stereocenters. The molecule has 0 amide bonds. The molecule has 0 spiro atoms. The van der Waals surface area contributed by atoms with Crippen molar-refractivity contribution in [1.82, 2.24) is 4.98 Å². The largest absolute Gasteiger partial charge is 0.386 e. The van der Waals surface area contributed by atoms with E-state index in [0.29, 0.717) is 0 Å². The fourth-order valence-corrected chi connectivity index (χ4v) is 2.97. The summed E-state index contributed by atoms with van der Waals surface area (Å²) >= 11 is 0. The van der Waals surface area contributed by atoms with Crippen molar-refractivity contribution in [2.24, 2.45) is 0 Å². The van der Waals surface area contributed by atoms with E-state index in [1.54, 1.807) is 0 Å². The second-order valence-corrected chi connectivity index (χ2v) is 5.84. The van der Waals surface area contributed by atoms with Crippen LogP contribution >= 0.6 is 0 Å². The number of nitrogens with one attached hydrogen (secondary N) is 1. The monoisotopic (exact) mass is 302 g/mol. The van der Waals surface area contributed by atoms with Gasteiger partial charge in [0.2, 0.25) is 0 Å². The molecule has 0 bridgehead atoms. The second-order valence-electron chi connectivity index (χ2n) is 5.84. The van der Waals surface area contributed by atoms with Gasteiger partial charge in [0.25, 0.3) is 0 Å². The van der Waals surface area contributed by atoms with Crippen molar-refractivity contribution in [2.45, 2.75) is 20.8 Å². The normalized spacial score (nSPS) is 11.7. The summed E-state index contributed by atoms with van der Waals surface area (Å²) in [6.07, 6.45) is 2.15. The van der Waals surface area contributed by atoms with Crippen molar-refractivity contribution in [3.63, 3.8) is 0 Å². The lowest BCUT2D eigenvalue weighted by Crippen LogP contribution is -1.97. The molecule has 23 heavy (non-hydrogen) atoms. The maximum atomic E-state index is 4.93. The molecule has 1 aromatic heterocycles. The number of aryl methyl sites for hydroxylation is 2. The van der Waals surface area contributed by atoms with E-state index in [2.05, 4.69) is 80.7 Å². The van der Waals surface area contributed by atoms with Crippen LogP contribution in [0, 0.1) is 13.8 Å². The van der Waals surface area contributed by atoms with Gasteiger partial charge in [-0.2, -0.15) is 0 Å². The lowest BCUT2D eigenvalue weighted by atomic mass is 9.95. The number of anilines is 1. The van der Waals surface area contributed by atoms with Gasteiger partial charge in [-0.3, -0.25) is 0 Å². The number of para-hydroxylation sites is 1.